The van der Waals surface area contributed by atoms with E-state index >= 15 is 0 Å². The monoisotopic (exact) mass is 376 g/mol. The third-order valence-corrected chi connectivity index (χ3v) is 10.8. The van der Waals surface area contributed by atoms with Gasteiger partial charge >= 0.3 is 0 Å². The van der Waals surface area contributed by atoms with Gasteiger partial charge in [-0.1, -0.05) is 51.0 Å². The maximum atomic E-state index is 6.71. The molecule has 0 fully saturated rings. The largest absolute Gasteiger partial charge is 0.547 e. The Bertz CT molecular complexity index is 551. The molecule has 150 valence electrons. The van der Waals surface area contributed by atoms with E-state index < -0.39 is 8.32 Å². The molecular weight excluding hydrogens is 332 g/mol. The second-order valence-electron chi connectivity index (χ2n) is 10.6. The summed E-state index contributed by atoms with van der Waals surface area (Å²) in [6.45, 7) is 23.0. The Hall–Kier alpha value is -0.763. The van der Waals surface area contributed by atoms with Gasteiger partial charge in [0.1, 0.15) is 0 Å². The van der Waals surface area contributed by atoms with Gasteiger partial charge in [-0.3, -0.25) is 0 Å². The van der Waals surface area contributed by atoms with Crippen molar-refractivity contribution >= 4 is 8.32 Å². The molecule has 0 spiro atoms. The average Bonchev–Trinajstić information content (AvgIpc) is 2.43. The van der Waals surface area contributed by atoms with Crippen molar-refractivity contribution < 1.29 is 4.43 Å². The lowest BCUT2D eigenvalue weighted by Gasteiger charge is -2.44. The molecule has 0 aliphatic heterocycles. The van der Waals surface area contributed by atoms with Crippen molar-refractivity contribution in [1.82, 2.24) is 0 Å². The lowest BCUT2D eigenvalue weighted by atomic mass is 9.65. The van der Waals surface area contributed by atoms with E-state index in [1.807, 2.05) is 0 Å². The van der Waals surface area contributed by atoms with E-state index in [-0.39, 0.29) is 5.04 Å². The summed E-state index contributed by atoms with van der Waals surface area (Å²) in [5.41, 5.74) is 3.19. The van der Waals surface area contributed by atoms with E-state index in [4.69, 9.17) is 4.43 Å². The van der Waals surface area contributed by atoms with Crippen LogP contribution in [0.2, 0.25) is 18.1 Å². The topological polar surface area (TPSA) is 9.23 Å². The van der Waals surface area contributed by atoms with Gasteiger partial charge in [0.15, 0.2) is 0 Å². The zero-order valence-electron chi connectivity index (χ0n) is 19.3. The molecular formula is C24H44OSi. The van der Waals surface area contributed by atoms with Crippen LogP contribution < -0.4 is 0 Å². The lowest BCUT2D eigenvalue weighted by molar-refractivity contribution is 0.132. The molecule has 0 aromatic rings. The van der Waals surface area contributed by atoms with Crippen molar-refractivity contribution in [2.24, 2.45) is 11.3 Å². The Morgan fingerprint density at radius 1 is 1.15 bits per heavy atom. The number of allylic oxidation sites excluding steroid dienone is 6. The Labute approximate surface area is 165 Å². The molecule has 1 rings (SSSR count). The number of hydrogen-bond acceptors (Lipinski definition) is 1. The van der Waals surface area contributed by atoms with Gasteiger partial charge in [-0.05, 0) is 88.9 Å². The van der Waals surface area contributed by atoms with Gasteiger partial charge in [-0.25, -0.2) is 0 Å². The van der Waals surface area contributed by atoms with Crippen LogP contribution in [0.25, 0.3) is 0 Å². The SMILES string of the molecule is CC(C)=CCC[C@@]1(C)CC(O[Si](C)(C)C(C)(C)C)=CC[C@@H]1CC=C(C)C. The Morgan fingerprint density at radius 2 is 1.73 bits per heavy atom. The fourth-order valence-electron chi connectivity index (χ4n) is 3.47. The Balaban J connectivity index is 2.99. The fourth-order valence-corrected chi connectivity index (χ4v) is 4.59. The Kier molecular flexibility index (Phi) is 8.01. The highest BCUT2D eigenvalue weighted by molar-refractivity contribution is 6.74. The maximum absolute atomic E-state index is 6.71. The molecule has 0 unspecified atom stereocenters. The van der Waals surface area contributed by atoms with Crippen LogP contribution in [0.5, 0.6) is 0 Å². The van der Waals surface area contributed by atoms with E-state index in [0.717, 1.165) is 18.8 Å². The third-order valence-electron chi connectivity index (χ3n) is 6.46. The zero-order valence-corrected chi connectivity index (χ0v) is 20.3. The molecule has 26 heavy (non-hydrogen) atoms. The molecule has 0 amide bonds. The molecule has 0 bridgehead atoms. The van der Waals surface area contributed by atoms with Gasteiger partial charge in [0.05, 0.1) is 5.76 Å². The molecule has 1 nitrogen and oxygen atoms in total. The van der Waals surface area contributed by atoms with Crippen LogP contribution in [-0.2, 0) is 4.43 Å². The summed E-state index contributed by atoms with van der Waals surface area (Å²) in [5.74, 6) is 1.99. The summed E-state index contributed by atoms with van der Waals surface area (Å²) in [6.07, 6.45) is 13.1. The molecule has 1 aliphatic carbocycles. The van der Waals surface area contributed by atoms with Crippen molar-refractivity contribution in [3.8, 4) is 0 Å². The second kappa shape index (κ2) is 8.95. The number of rotatable bonds is 7. The minimum atomic E-state index is -1.75. The summed E-state index contributed by atoms with van der Waals surface area (Å²) in [6, 6.07) is 0. The first-order chi connectivity index (χ1) is 11.8. The molecule has 0 saturated heterocycles. The van der Waals surface area contributed by atoms with Crippen LogP contribution in [0.3, 0.4) is 0 Å². The predicted octanol–water partition coefficient (Wildman–Crippen LogP) is 8.41. The lowest BCUT2D eigenvalue weighted by Crippen LogP contribution is -2.42. The summed E-state index contributed by atoms with van der Waals surface area (Å²) in [7, 11) is -1.75. The normalized spacial score (nSPS) is 23.9. The Morgan fingerprint density at radius 3 is 2.23 bits per heavy atom. The minimum absolute atomic E-state index is 0.255. The summed E-state index contributed by atoms with van der Waals surface area (Å²) in [5, 5.41) is 0.255. The quantitative estimate of drug-likeness (QED) is 0.320. The molecule has 0 N–H and O–H groups in total. The van der Waals surface area contributed by atoms with Gasteiger partial charge < -0.3 is 4.43 Å². The summed E-state index contributed by atoms with van der Waals surface area (Å²) < 4.78 is 6.71. The first kappa shape index (κ1) is 23.3. The van der Waals surface area contributed by atoms with E-state index in [1.165, 1.54) is 36.2 Å². The highest BCUT2D eigenvalue weighted by Gasteiger charge is 2.42. The molecule has 0 radical (unpaired) electrons. The maximum Gasteiger partial charge on any atom is 0.250 e. The van der Waals surface area contributed by atoms with Crippen LogP contribution in [0.15, 0.2) is 35.1 Å². The third kappa shape index (κ3) is 6.76. The zero-order chi connectivity index (χ0) is 20.2. The highest BCUT2D eigenvalue weighted by atomic mass is 28.4. The molecule has 0 aromatic carbocycles. The van der Waals surface area contributed by atoms with Gasteiger partial charge in [0, 0.05) is 6.42 Å². The van der Waals surface area contributed by atoms with Gasteiger partial charge in [-0.2, -0.15) is 0 Å². The molecule has 2 heteroatoms. The van der Waals surface area contributed by atoms with Crippen molar-refractivity contribution in [3.05, 3.63) is 35.1 Å². The first-order valence-corrected chi connectivity index (χ1v) is 13.3. The van der Waals surface area contributed by atoms with Crippen LogP contribution in [-0.4, -0.2) is 8.32 Å². The second-order valence-corrected chi connectivity index (χ2v) is 15.4. The van der Waals surface area contributed by atoms with E-state index in [9.17, 15) is 0 Å². The van der Waals surface area contributed by atoms with Crippen LogP contribution >= 0.6 is 0 Å². The van der Waals surface area contributed by atoms with E-state index in [0.29, 0.717) is 5.41 Å². The van der Waals surface area contributed by atoms with Crippen LogP contribution in [0, 0.1) is 11.3 Å². The minimum Gasteiger partial charge on any atom is -0.547 e. The predicted molar refractivity (Wildman–Crippen MR) is 120 cm³/mol. The summed E-state index contributed by atoms with van der Waals surface area (Å²) >= 11 is 0. The first-order valence-electron chi connectivity index (χ1n) is 10.4. The van der Waals surface area contributed by atoms with E-state index in [2.05, 4.69) is 86.7 Å². The summed E-state index contributed by atoms with van der Waals surface area (Å²) in [4.78, 5) is 0. The molecule has 0 saturated carbocycles. The van der Waals surface area contributed by atoms with Crippen LogP contribution in [0.1, 0.15) is 87.5 Å². The molecule has 2 atom stereocenters. The smallest absolute Gasteiger partial charge is 0.250 e. The van der Waals surface area contributed by atoms with Crippen molar-refractivity contribution in [2.75, 3.05) is 0 Å². The fraction of sp³-hybridized carbons (Fsp3) is 0.750. The van der Waals surface area contributed by atoms with Crippen molar-refractivity contribution in [2.45, 2.75) is 106 Å². The van der Waals surface area contributed by atoms with Crippen molar-refractivity contribution in [1.29, 1.82) is 0 Å². The van der Waals surface area contributed by atoms with Gasteiger partial charge in [-0.15, -0.1) is 0 Å². The highest BCUT2D eigenvalue weighted by Crippen LogP contribution is 2.48. The van der Waals surface area contributed by atoms with Gasteiger partial charge in [0.25, 0.3) is 0 Å². The molecule has 0 aromatic heterocycles. The number of hydrogen-bond donors (Lipinski definition) is 0. The average molecular weight is 377 g/mol. The van der Waals surface area contributed by atoms with E-state index in [1.54, 1.807) is 0 Å². The molecule has 0 heterocycles. The molecule has 1 aliphatic rings. The van der Waals surface area contributed by atoms with Crippen molar-refractivity contribution in [3.63, 3.8) is 0 Å². The van der Waals surface area contributed by atoms with Crippen LogP contribution in [0.4, 0.5) is 0 Å². The van der Waals surface area contributed by atoms with Gasteiger partial charge in [0.2, 0.25) is 8.32 Å². The standard InChI is InChI=1S/C24H44OSi/c1-19(2)12-11-17-24(8)18-22(25-26(9,10)23(5,6)7)16-15-21(24)14-13-20(3)4/h12-13,16,21H,11,14-15,17-18H2,1-10H3/t21-,24-/m0/s1.